The summed E-state index contributed by atoms with van der Waals surface area (Å²) in [7, 11) is 0. The molecule has 1 rings (SSSR count). The molecule has 74 valence electrons. The number of nitrogen functional groups attached to an aromatic ring is 1. The Morgan fingerprint density at radius 3 is 2.46 bits per heavy atom. The van der Waals surface area contributed by atoms with Crippen LogP contribution in [0.5, 0.6) is 0 Å². The van der Waals surface area contributed by atoms with Crippen molar-refractivity contribution in [3.05, 3.63) is 11.3 Å². The van der Waals surface area contributed by atoms with Crippen LogP contribution in [0.2, 0.25) is 0 Å². The van der Waals surface area contributed by atoms with E-state index in [9.17, 15) is 0 Å². The van der Waals surface area contributed by atoms with E-state index in [2.05, 4.69) is 32.9 Å². The van der Waals surface area contributed by atoms with Gasteiger partial charge in [0, 0.05) is 11.0 Å². The molecule has 1 heterocycles. The summed E-state index contributed by atoms with van der Waals surface area (Å²) in [5, 5.41) is 3.80. The van der Waals surface area contributed by atoms with Gasteiger partial charge in [-0.3, -0.25) is 0 Å². The maximum Gasteiger partial charge on any atom is 0.170 e. The van der Waals surface area contributed by atoms with Crippen LogP contribution in [0.4, 0.5) is 5.82 Å². The van der Waals surface area contributed by atoms with Crippen molar-refractivity contribution in [1.82, 2.24) is 5.16 Å². The van der Waals surface area contributed by atoms with E-state index in [4.69, 9.17) is 10.3 Å². The Morgan fingerprint density at radius 2 is 2.00 bits per heavy atom. The van der Waals surface area contributed by atoms with Crippen molar-refractivity contribution >= 4 is 5.82 Å². The molecule has 0 fully saturated rings. The first-order valence-corrected chi connectivity index (χ1v) is 4.77. The highest BCUT2D eigenvalue weighted by atomic mass is 16.5. The number of nitrogens with two attached hydrogens (primary N) is 1. The molecule has 0 bridgehead atoms. The fraction of sp³-hybridized carbons (Fsp3) is 0.700. The van der Waals surface area contributed by atoms with Crippen LogP contribution in [0.15, 0.2) is 4.52 Å². The van der Waals surface area contributed by atoms with Crippen LogP contribution in [0.3, 0.4) is 0 Å². The first kappa shape index (κ1) is 10.1. The lowest BCUT2D eigenvalue weighted by molar-refractivity contribution is 0.309. The number of nitrogens with zero attached hydrogens (tertiary/aromatic N) is 1. The van der Waals surface area contributed by atoms with Gasteiger partial charge in [0.05, 0.1) is 0 Å². The molecule has 3 nitrogen and oxygen atoms in total. The van der Waals surface area contributed by atoms with Gasteiger partial charge >= 0.3 is 0 Å². The van der Waals surface area contributed by atoms with Crippen LogP contribution in [-0.4, -0.2) is 5.16 Å². The van der Waals surface area contributed by atoms with Crippen molar-refractivity contribution in [2.45, 2.75) is 46.0 Å². The zero-order valence-electron chi connectivity index (χ0n) is 8.85. The number of hydrogen-bond acceptors (Lipinski definition) is 3. The second-order valence-corrected chi connectivity index (χ2v) is 3.97. The minimum atomic E-state index is 0.0377. The first-order valence-electron chi connectivity index (χ1n) is 4.77. The minimum absolute atomic E-state index is 0.0377. The zero-order valence-corrected chi connectivity index (χ0v) is 8.85. The molecule has 0 aliphatic heterocycles. The largest absolute Gasteiger partial charge is 0.381 e. The highest BCUT2D eigenvalue weighted by molar-refractivity contribution is 5.42. The van der Waals surface area contributed by atoms with Crippen molar-refractivity contribution in [3.63, 3.8) is 0 Å². The van der Waals surface area contributed by atoms with Gasteiger partial charge in [0.2, 0.25) is 0 Å². The van der Waals surface area contributed by atoms with E-state index in [1.807, 2.05) is 0 Å². The van der Waals surface area contributed by atoms with E-state index in [0.29, 0.717) is 5.82 Å². The molecule has 13 heavy (non-hydrogen) atoms. The summed E-state index contributed by atoms with van der Waals surface area (Å²) in [6.45, 7) is 8.49. The van der Waals surface area contributed by atoms with Crippen molar-refractivity contribution in [2.24, 2.45) is 0 Å². The predicted octanol–water partition coefficient (Wildman–Crippen LogP) is 2.51. The van der Waals surface area contributed by atoms with Crippen LogP contribution >= 0.6 is 0 Å². The van der Waals surface area contributed by atoms with Gasteiger partial charge < -0.3 is 10.3 Å². The van der Waals surface area contributed by atoms with E-state index < -0.39 is 0 Å². The van der Waals surface area contributed by atoms with E-state index in [1.54, 1.807) is 0 Å². The third-order valence-corrected chi connectivity index (χ3v) is 2.67. The summed E-state index contributed by atoms with van der Waals surface area (Å²) < 4.78 is 5.27. The standard InChI is InChI=1S/C10H18N2O/c1-5-7-8(10(3,4)6-2)13-12-9(7)11/h5-6H2,1-4H3,(H2,11,12). The first-order chi connectivity index (χ1) is 6.03. The van der Waals surface area contributed by atoms with E-state index in [-0.39, 0.29) is 5.41 Å². The van der Waals surface area contributed by atoms with Crippen molar-refractivity contribution < 1.29 is 4.52 Å². The van der Waals surface area contributed by atoms with Crippen LogP contribution < -0.4 is 5.73 Å². The number of rotatable bonds is 3. The monoisotopic (exact) mass is 182 g/mol. The van der Waals surface area contributed by atoms with Gasteiger partial charge in [-0.1, -0.05) is 32.9 Å². The van der Waals surface area contributed by atoms with Crippen molar-refractivity contribution in [1.29, 1.82) is 0 Å². The summed E-state index contributed by atoms with van der Waals surface area (Å²) in [4.78, 5) is 0. The summed E-state index contributed by atoms with van der Waals surface area (Å²) in [6.07, 6.45) is 1.91. The van der Waals surface area contributed by atoms with Crippen LogP contribution in [0, 0.1) is 0 Å². The molecule has 0 saturated heterocycles. The van der Waals surface area contributed by atoms with Gasteiger partial charge in [-0.05, 0) is 12.8 Å². The average molecular weight is 182 g/mol. The fourth-order valence-corrected chi connectivity index (χ4v) is 1.36. The van der Waals surface area contributed by atoms with Crippen LogP contribution in [0.1, 0.15) is 45.4 Å². The Hall–Kier alpha value is -0.990. The normalized spacial score (nSPS) is 12.0. The SMILES string of the molecule is CCc1c(N)noc1C(C)(C)CC. The van der Waals surface area contributed by atoms with Gasteiger partial charge in [-0.2, -0.15) is 0 Å². The smallest absolute Gasteiger partial charge is 0.170 e. The molecule has 0 amide bonds. The Bertz CT molecular complexity index is 289. The quantitative estimate of drug-likeness (QED) is 0.781. The Balaban J connectivity index is 3.14. The third kappa shape index (κ3) is 1.69. The van der Waals surface area contributed by atoms with Gasteiger partial charge in [-0.25, -0.2) is 0 Å². The molecule has 0 radical (unpaired) electrons. The third-order valence-electron chi connectivity index (χ3n) is 2.67. The highest BCUT2D eigenvalue weighted by Gasteiger charge is 2.27. The summed E-state index contributed by atoms with van der Waals surface area (Å²) in [5.74, 6) is 1.48. The zero-order chi connectivity index (χ0) is 10.1. The Labute approximate surface area is 79.3 Å². The highest BCUT2D eigenvalue weighted by Crippen LogP contribution is 2.32. The summed E-state index contributed by atoms with van der Waals surface area (Å²) in [5.41, 5.74) is 6.80. The van der Waals surface area contributed by atoms with Crippen LogP contribution in [0.25, 0.3) is 0 Å². The molecule has 0 aliphatic rings. The summed E-state index contributed by atoms with van der Waals surface area (Å²) in [6, 6.07) is 0. The van der Waals surface area contributed by atoms with Crippen molar-refractivity contribution in [2.75, 3.05) is 5.73 Å². The fourth-order valence-electron chi connectivity index (χ4n) is 1.36. The Kier molecular flexibility index (Phi) is 2.64. The van der Waals surface area contributed by atoms with E-state index in [1.165, 1.54) is 0 Å². The molecular weight excluding hydrogens is 164 g/mol. The molecular formula is C10H18N2O. The molecule has 2 N–H and O–H groups in total. The lowest BCUT2D eigenvalue weighted by Gasteiger charge is -2.19. The second kappa shape index (κ2) is 3.40. The number of anilines is 1. The average Bonchev–Trinajstić information content (AvgIpc) is 2.47. The lowest BCUT2D eigenvalue weighted by atomic mass is 9.84. The molecule has 0 saturated carbocycles. The molecule has 0 unspecified atom stereocenters. The van der Waals surface area contributed by atoms with Gasteiger partial charge in [0.1, 0.15) is 5.76 Å². The second-order valence-electron chi connectivity index (χ2n) is 3.97. The molecule has 0 aromatic carbocycles. The number of aromatic nitrogens is 1. The maximum atomic E-state index is 5.70. The predicted molar refractivity (Wildman–Crippen MR) is 53.6 cm³/mol. The molecule has 0 spiro atoms. The maximum absolute atomic E-state index is 5.70. The van der Waals surface area contributed by atoms with Crippen molar-refractivity contribution in [3.8, 4) is 0 Å². The summed E-state index contributed by atoms with van der Waals surface area (Å²) >= 11 is 0. The lowest BCUT2D eigenvalue weighted by Crippen LogP contribution is -2.16. The minimum Gasteiger partial charge on any atom is -0.381 e. The molecule has 1 aromatic rings. The topological polar surface area (TPSA) is 52.0 Å². The van der Waals surface area contributed by atoms with Crippen LogP contribution in [-0.2, 0) is 11.8 Å². The molecule has 0 aliphatic carbocycles. The van der Waals surface area contributed by atoms with Gasteiger partial charge in [-0.15, -0.1) is 0 Å². The molecule has 1 aromatic heterocycles. The van der Waals surface area contributed by atoms with Gasteiger partial charge in [0.25, 0.3) is 0 Å². The molecule has 0 atom stereocenters. The number of hydrogen-bond donors (Lipinski definition) is 1. The van der Waals surface area contributed by atoms with Gasteiger partial charge in [0.15, 0.2) is 5.82 Å². The van der Waals surface area contributed by atoms with E-state index in [0.717, 1.165) is 24.2 Å². The molecule has 3 heteroatoms. The van der Waals surface area contributed by atoms with E-state index >= 15 is 0 Å². The Morgan fingerprint density at radius 1 is 1.38 bits per heavy atom.